The topological polar surface area (TPSA) is 101 Å². The van der Waals surface area contributed by atoms with Gasteiger partial charge in [-0.2, -0.15) is 4.31 Å². The molecule has 1 amide bonds. The van der Waals surface area contributed by atoms with Crippen molar-refractivity contribution in [3.8, 4) is 0 Å². The second kappa shape index (κ2) is 7.49. The third kappa shape index (κ3) is 4.16. The Balaban J connectivity index is 2.18. The van der Waals surface area contributed by atoms with Crippen LogP contribution in [0, 0.1) is 10.1 Å². The van der Waals surface area contributed by atoms with Crippen LogP contribution < -0.4 is 0 Å². The zero-order chi connectivity index (χ0) is 18.8. The van der Waals surface area contributed by atoms with Crippen molar-refractivity contribution >= 4 is 21.6 Å². The minimum Gasteiger partial charge on any atom is -0.336 e. The van der Waals surface area contributed by atoms with Gasteiger partial charge in [-0.25, -0.2) is 8.42 Å². The van der Waals surface area contributed by atoms with E-state index in [-0.39, 0.29) is 35.1 Å². The number of hydrogen-bond donors (Lipinski definition) is 0. The molecule has 8 nitrogen and oxygen atoms in total. The third-order valence-corrected chi connectivity index (χ3v) is 6.38. The lowest BCUT2D eigenvalue weighted by Gasteiger charge is -2.39. The van der Waals surface area contributed by atoms with Crippen molar-refractivity contribution < 1.29 is 18.1 Å². The summed E-state index contributed by atoms with van der Waals surface area (Å²) in [6, 6.07) is 4.98. The summed E-state index contributed by atoms with van der Waals surface area (Å²) < 4.78 is 26.2. The predicted molar refractivity (Wildman–Crippen MR) is 92.5 cm³/mol. The molecule has 1 saturated heterocycles. The number of likely N-dealkylation sites (tertiary alicyclic amines) is 1. The maximum Gasteiger partial charge on any atom is 0.270 e. The van der Waals surface area contributed by atoms with Crippen molar-refractivity contribution in [3.05, 3.63) is 34.4 Å². The van der Waals surface area contributed by atoms with Crippen LogP contribution in [0.25, 0.3) is 0 Å². The van der Waals surface area contributed by atoms with Gasteiger partial charge in [0.05, 0.1) is 16.4 Å². The molecule has 0 spiro atoms. The quantitative estimate of drug-likeness (QED) is 0.584. The highest BCUT2D eigenvalue weighted by Crippen LogP contribution is 2.24. The van der Waals surface area contributed by atoms with Crippen molar-refractivity contribution in [3.63, 3.8) is 0 Å². The Hall–Kier alpha value is -2.00. The molecule has 2 rings (SSSR count). The SMILES string of the molecule is CC1CCCC(C)N1C(=O)CN(C)S(=O)(=O)c1cccc([N+](=O)[O-])c1. The van der Waals surface area contributed by atoms with Gasteiger partial charge >= 0.3 is 0 Å². The van der Waals surface area contributed by atoms with Crippen LogP contribution in [-0.2, 0) is 14.8 Å². The van der Waals surface area contributed by atoms with E-state index in [2.05, 4.69) is 0 Å². The van der Waals surface area contributed by atoms with Crippen LogP contribution in [-0.4, -0.2) is 54.1 Å². The molecule has 0 saturated carbocycles. The van der Waals surface area contributed by atoms with E-state index in [0.717, 1.165) is 29.6 Å². The number of benzene rings is 1. The summed E-state index contributed by atoms with van der Waals surface area (Å²) in [5.74, 6) is -0.254. The number of sulfonamides is 1. The standard InChI is InChI=1S/C16H23N3O5S/c1-12-6-4-7-13(2)18(12)16(20)11-17(3)25(23,24)15-9-5-8-14(10-15)19(21)22/h5,8-10,12-13H,4,6-7,11H2,1-3H3. The lowest BCUT2D eigenvalue weighted by Crippen LogP contribution is -2.51. The highest BCUT2D eigenvalue weighted by molar-refractivity contribution is 7.89. The van der Waals surface area contributed by atoms with E-state index in [1.807, 2.05) is 13.8 Å². The molecule has 2 unspecified atom stereocenters. The van der Waals surface area contributed by atoms with Gasteiger partial charge < -0.3 is 4.90 Å². The third-order valence-electron chi connectivity index (χ3n) is 4.58. The van der Waals surface area contributed by atoms with E-state index in [4.69, 9.17) is 0 Å². The number of carbonyl (C=O) groups excluding carboxylic acids is 1. The molecule has 9 heteroatoms. The van der Waals surface area contributed by atoms with Gasteiger partial charge in [0.2, 0.25) is 15.9 Å². The Labute approximate surface area is 147 Å². The Morgan fingerprint density at radius 2 is 1.92 bits per heavy atom. The number of hydrogen-bond acceptors (Lipinski definition) is 5. The van der Waals surface area contributed by atoms with Crippen LogP contribution >= 0.6 is 0 Å². The van der Waals surface area contributed by atoms with Gasteiger partial charge in [-0.1, -0.05) is 6.07 Å². The Morgan fingerprint density at radius 1 is 1.32 bits per heavy atom. The van der Waals surface area contributed by atoms with Gasteiger partial charge in [-0.3, -0.25) is 14.9 Å². The Kier molecular flexibility index (Phi) is 5.79. The van der Waals surface area contributed by atoms with E-state index >= 15 is 0 Å². The maximum atomic E-state index is 12.6. The van der Waals surface area contributed by atoms with Crippen molar-refractivity contribution in [2.45, 2.75) is 50.1 Å². The van der Waals surface area contributed by atoms with Crippen LogP contribution in [0.4, 0.5) is 5.69 Å². The average molecular weight is 369 g/mol. The lowest BCUT2D eigenvalue weighted by molar-refractivity contribution is -0.385. The number of nitro groups is 1. The fourth-order valence-electron chi connectivity index (χ4n) is 3.21. The number of non-ortho nitro benzene ring substituents is 1. The molecule has 1 aromatic rings. The first kappa shape index (κ1) is 19.3. The second-order valence-corrected chi connectivity index (χ2v) is 8.49. The van der Waals surface area contributed by atoms with Crippen LogP contribution in [0.5, 0.6) is 0 Å². The highest BCUT2D eigenvalue weighted by Gasteiger charge is 2.32. The fraction of sp³-hybridized carbons (Fsp3) is 0.562. The van der Waals surface area contributed by atoms with E-state index in [1.54, 1.807) is 4.90 Å². The van der Waals surface area contributed by atoms with Gasteiger partial charge in [0, 0.05) is 31.3 Å². The molecule has 1 aliphatic heterocycles. The summed E-state index contributed by atoms with van der Waals surface area (Å²) in [4.78, 5) is 24.3. The minimum absolute atomic E-state index is 0.0742. The molecule has 0 radical (unpaired) electrons. The zero-order valence-electron chi connectivity index (χ0n) is 14.6. The number of nitrogens with zero attached hydrogens (tertiary/aromatic N) is 3. The summed E-state index contributed by atoms with van der Waals surface area (Å²) >= 11 is 0. The number of likely N-dealkylation sites (N-methyl/N-ethyl adjacent to an activating group) is 1. The van der Waals surface area contributed by atoms with Crippen molar-refractivity contribution in [2.24, 2.45) is 0 Å². The summed E-state index contributed by atoms with van der Waals surface area (Å²) in [6.07, 6.45) is 2.85. The zero-order valence-corrected chi connectivity index (χ0v) is 15.4. The van der Waals surface area contributed by atoms with Gasteiger partial charge in [-0.15, -0.1) is 0 Å². The molecular weight excluding hydrogens is 346 g/mol. The minimum atomic E-state index is -3.98. The molecule has 1 fully saturated rings. The smallest absolute Gasteiger partial charge is 0.270 e. The van der Waals surface area contributed by atoms with E-state index in [1.165, 1.54) is 25.2 Å². The summed E-state index contributed by atoms with van der Waals surface area (Å²) in [5, 5.41) is 10.8. The molecule has 1 aliphatic rings. The first-order valence-corrected chi connectivity index (χ1v) is 9.60. The number of rotatable bonds is 5. The summed E-state index contributed by atoms with van der Waals surface area (Å²) in [7, 11) is -2.67. The Morgan fingerprint density at radius 3 is 2.48 bits per heavy atom. The van der Waals surface area contributed by atoms with Crippen LogP contribution in [0.3, 0.4) is 0 Å². The largest absolute Gasteiger partial charge is 0.336 e. The van der Waals surface area contributed by atoms with Gasteiger partial charge in [-0.05, 0) is 39.2 Å². The highest BCUT2D eigenvalue weighted by atomic mass is 32.2. The summed E-state index contributed by atoms with van der Waals surface area (Å²) in [5.41, 5.74) is -0.306. The average Bonchev–Trinajstić information content (AvgIpc) is 2.54. The molecule has 0 aromatic heterocycles. The van der Waals surface area contributed by atoms with Gasteiger partial charge in [0.15, 0.2) is 0 Å². The monoisotopic (exact) mass is 369 g/mol. The second-order valence-electron chi connectivity index (χ2n) is 6.45. The number of amides is 1. The van der Waals surface area contributed by atoms with E-state index < -0.39 is 14.9 Å². The molecule has 2 atom stereocenters. The first-order chi connectivity index (χ1) is 11.6. The number of piperidine rings is 1. The van der Waals surface area contributed by atoms with Crippen molar-refractivity contribution in [1.29, 1.82) is 0 Å². The van der Waals surface area contributed by atoms with Crippen LogP contribution in [0.1, 0.15) is 33.1 Å². The van der Waals surface area contributed by atoms with E-state index in [9.17, 15) is 23.3 Å². The van der Waals surface area contributed by atoms with Crippen LogP contribution in [0.15, 0.2) is 29.2 Å². The molecule has 1 aromatic carbocycles. The maximum absolute atomic E-state index is 12.6. The Bertz CT molecular complexity index is 755. The molecule has 138 valence electrons. The number of carbonyl (C=O) groups is 1. The van der Waals surface area contributed by atoms with Crippen LogP contribution in [0.2, 0.25) is 0 Å². The van der Waals surface area contributed by atoms with E-state index in [0.29, 0.717) is 0 Å². The van der Waals surface area contributed by atoms with Crippen molar-refractivity contribution in [1.82, 2.24) is 9.21 Å². The molecular formula is C16H23N3O5S. The first-order valence-electron chi connectivity index (χ1n) is 8.16. The molecule has 0 aliphatic carbocycles. The number of nitro benzene ring substituents is 1. The molecule has 1 heterocycles. The molecule has 25 heavy (non-hydrogen) atoms. The van der Waals surface area contributed by atoms with Crippen molar-refractivity contribution in [2.75, 3.05) is 13.6 Å². The fourth-order valence-corrected chi connectivity index (χ4v) is 4.37. The predicted octanol–water partition coefficient (Wildman–Crippen LogP) is 2.00. The summed E-state index contributed by atoms with van der Waals surface area (Å²) in [6.45, 7) is 3.63. The molecule has 0 N–H and O–H groups in total. The molecule has 0 bridgehead atoms. The lowest BCUT2D eigenvalue weighted by atomic mass is 9.97. The van der Waals surface area contributed by atoms with Gasteiger partial charge in [0.25, 0.3) is 5.69 Å². The normalized spacial score (nSPS) is 21.4. The van der Waals surface area contributed by atoms with Gasteiger partial charge in [0.1, 0.15) is 0 Å².